The van der Waals surface area contributed by atoms with Gasteiger partial charge in [0.25, 0.3) is 5.56 Å². The zero-order valence-corrected chi connectivity index (χ0v) is 18.8. The fourth-order valence-electron chi connectivity index (χ4n) is 2.98. The minimum atomic E-state index is -0.344. The summed E-state index contributed by atoms with van der Waals surface area (Å²) < 4.78 is 15.3. The summed E-state index contributed by atoms with van der Waals surface area (Å²) in [7, 11) is 0. The first-order valence-electron chi connectivity index (χ1n) is 9.32. The maximum absolute atomic E-state index is 13.3. The number of nitrogens with one attached hydrogen (secondary N) is 1. The number of anilines is 1. The van der Waals surface area contributed by atoms with Crippen molar-refractivity contribution in [2.75, 3.05) is 11.1 Å². The third-order valence-electron chi connectivity index (χ3n) is 4.52. The van der Waals surface area contributed by atoms with Crippen molar-refractivity contribution in [1.29, 1.82) is 0 Å². The zero-order valence-electron chi connectivity index (χ0n) is 16.4. The number of hydrogen-bond acceptors (Lipinski definition) is 5. The van der Waals surface area contributed by atoms with Gasteiger partial charge in [-0.2, -0.15) is 0 Å². The van der Waals surface area contributed by atoms with Gasteiger partial charge in [0.05, 0.1) is 28.5 Å². The van der Waals surface area contributed by atoms with Crippen LogP contribution in [-0.2, 0) is 11.3 Å². The van der Waals surface area contributed by atoms with Gasteiger partial charge in [0.1, 0.15) is 10.5 Å². The second-order valence-electron chi connectivity index (χ2n) is 6.87. The number of hydrogen-bond donors (Lipinski definition) is 1. The van der Waals surface area contributed by atoms with Crippen LogP contribution in [0.4, 0.5) is 10.1 Å². The fourth-order valence-corrected chi connectivity index (χ4v) is 4.84. The van der Waals surface area contributed by atoms with E-state index in [1.54, 1.807) is 30.3 Å². The summed E-state index contributed by atoms with van der Waals surface area (Å²) in [6.45, 7) is 2.15. The molecule has 0 saturated carbocycles. The van der Waals surface area contributed by atoms with Crippen LogP contribution in [0.15, 0.2) is 63.9 Å². The monoisotopic (exact) mass is 473 g/mol. The van der Waals surface area contributed by atoms with Crippen molar-refractivity contribution in [3.8, 4) is 0 Å². The van der Waals surface area contributed by atoms with Crippen LogP contribution in [0.1, 0.15) is 11.1 Å². The molecule has 31 heavy (non-hydrogen) atoms. The molecule has 0 radical (unpaired) electrons. The summed E-state index contributed by atoms with van der Waals surface area (Å²) in [6, 6.07) is 13.1. The van der Waals surface area contributed by atoms with Crippen LogP contribution in [0.25, 0.3) is 10.2 Å². The van der Waals surface area contributed by atoms with Gasteiger partial charge < -0.3 is 5.32 Å². The Morgan fingerprint density at radius 3 is 2.74 bits per heavy atom. The molecule has 2 aromatic carbocycles. The Hall–Kier alpha value is -2.68. The highest BCUT2D eigenvalue weighted by atomic mass is 35.5. The number of carbonyl (C=O) groups is 1. The Balaban J connectivity index is 1.57. The number of amides is 1. The molecular formula is C22H17ClFN3O2S2. The van der Waals surface area contributed by atoms with Crippen LogP contribution in [-0.4, -0.2) is 21.2 Å². The van der Waals surface area contributed by atoms with Crippen molar-refractivity contribution in [1.82, 2.24) is 9.55 Å². The lowest BCUT2D eigenvalue weighted by Gasteiger charge is -2.12. The summed E-state index contributed by atoms with van der Waals surface area (Å²) in [4.78, 5) is 30.1. The zero-order chi connectivity index (χ0) is 22.0. The van der Waals surface area contributed by atoms with E-state index in [4.69, 9.17) is 11.6 Å². The van der Waals surface area contributed by atoms with Gasteiger partial charge >= 0.3 is 0 Å². The third-order valence-corrected chi connectivity index (χ3v) is 6.70. The lowest BCUT2D eigenvalue weighted by atomic mass is 10.2. The quantitative estimate of drug-likeness (QED) is 0.303. The predicted octanol–water partition coefficient (Wildman–Crippen LogP) is 5.34. The number of benzene rings is 2. The highest BCUT2D eigenvalue weighted by Gasteiger charge is 2.15. The number of aromatic nitrogens is 2. The Morgan fingerprint density at radius 2 is 2.00 bits per heavy atom. The van der Waals surface area contributed by atoms with Gasteiger partial charge in [0, 0.05) is 0 Å². The molecule has 0 bridgehead atoms. The van der Waals surface area contributed by atoms with Crippen molar-refractivity contribution in [3.63, 3.8) is 0 Å². The van der Waals surface area contributed by atoms with Gasteiger partial charge in [-0.1, -0.05) is 41.6 Å². The molecule has 0 spiro atoms. The Morgan fingerprint density at radius 1 is 1.23 bits per heavy atom. The SMILES string of the molecule is Cc1ccc(NC(=O)CSc2nc3ccsc3c(=O)n2Cc2ccc(F)cc2)c(Cl)c1. The normalized spacial score (nSPS) is 11.1. The number of thioether (sulfide) groups is 1. The van der Waals surface area contributed by atoms with Crippen LogP contribution < -0.4 is 10.9 Å². The first-order valence-corrected chi connectivity index (χ1v) is 11.6. The second kappa shape index (κ2) is 9.21. The highest BCUT2D eigenvalue weighted by Crippen LogP contribution is 2.25. The van der Waals surface area contributed by atoms with Crippen LogP contribution in [0.2, 0.25) is 5.02 Å². The van der Waals surface area contributed by atoms with Crippen molar-refractivity contribution in [3.05, 3.63) is 86.2 Å². The predicted molar refractivity (Wildman–Crippen MR) is 125 cm³/mol. The van der Waals surface area contributed by atoms with Crippen LogP contribution in [0.5, 0.6) is 0 Å². The molecule has 0 aliphatic rings. The van der Waals surface area contributed by atoms with Crippen molar-refractivity contribution in [2.45, 2.75) is 18.6 Å². The molecule has 1 N–H and O–H groups in total. The number of halogens is 2. The van der Waals surface area contributed by atoms with Crippen LogP contribution in [0, 0.1) is 12.7 Å². The molecular weight excluding hydrogens is 457 g/mol. The molecule has 5 nitrogen and oxygen atoms in total. The molecule has 158 valence electrons. The Bertz CT molecular complexity index is 1320. The first-order chi connectivity index (χ1) is 14.9. The summed E-state index contributed by atoms with van der Waals surface area (Å²) in [6.07, 6.45) is 0. The number of aryl methyl sites for hydroxylation is 1. The second-order valence-corrected chi connectivity index (χ2v) is 9.13. The van der Waals surface area contributed by atoms with E-state index in [1.807, 2.05) is 18.4 Å². The van der Waals surface area contributed by atoms with E-state index < -0.39 is 0 Å². The van der Waals surface area contributed by atoms with Crippen LogP contribution in [0.3, 0.4) is 0 Å². The van der Waals surface area contributed by atoms with Crippen LogP contribution >= 0.6 is 34.7 Å². The number of carbonyl (C=O) groups excluding carboxylic acids is 1. The van der Waals surface area contributed by atoms with E-state index >= 15 is 0 Å². The molecule has 2 heterocycles. The third kappa shape index (κ3) is 4.98. The minimum absolute atomic E-state index is 0.0513. The fraction of sp³-hybridized carbons (Fsp3) is 0.136. The molecule has 1 amide bonds. The van der Waals surface area contributed by atoms with E-state index in [0.29, 0.717) is 26.1 Å². The summed E-state index contributed by atoms with van der Waals surface area (Å²) in [5, 5.41) is 5.47. The molecule has 4 rings (SSSR count). The molecule has 0 aliphatic carbocycles. The summed E-state index contributed by atoms with van der Waals surface area (Å²) in [5.74, 6) is -0.553. The molecule has 0 unspecified atom stereocenters. The molecule has 9 heteroatoms. The summed E-state index contributed by atoms with van der Waals surface area (Å²) in [5.41, 5.74) is 2.70. The average Bonchev–Trinajstić information content (AvgIpc) is 3.21. The first kappa shape index (κ1) is 21.5. The average molecular weight is 474 g/mol. The van der Waals surface area contributed by atoms with Gasteiger partial charge in [-0.3, -0.25) is 14.2 Å². The molecule has 0 fully saturated rings. The van der Waals surface area contributed by atoms with E-state index in [-0.39, 0.29) is 29.6 Å². The topological polar surface area (TPSA) is 64.0 Å². The van der Waals surface area contributed by atoms with Crippen molar-refractivity contribution < 1.29 is 9.18 Å². The lowest BCUT2D eigenvalue weighted by molar-refractivity contribution is -0.113. The van der Waals surface area contributed by atoms with Crippen molar-refractivity contribution in [2.24, 2.45) is 0 Å². The Labute approximate surface area is 190 Å². The van der Waals surface area contributed by atoms with Gasteiger partial charge in [0.2, 0.25) is 5.91 Å². The number of fused-ring (bicyclic) bond motifs is 1. The maximum Gasteiger partial charge on any atom is 0.272 e. The molecule has 2 aromatic heterocycles. The molecule has 4 aromatic rings. The number of rotatable bonds is 6. The smallest absolute Gasteiger partial charge is 0.272 e. The minimum Gasteiger partial charge on any atom is -0.324 e. The van der Waals surface area contributed by atoms with E-state index in [9.17, 15) is 14.0 Å². The summed E-state index contributed by atoms with van der Waals surface area (Å²) >= 11 is 8.67. The standard InChI is InChI=1S/C22H17ClFN3O2S2/c1-13-2-7-17(16(23)10-13)25-19(28)12-31-22-26-18-8-9-30-20(18)21(29)27(22)11-14-3-5-15(24)6-4-14/h2-10H,11-12H2,1H3,(H,25,28). The molecule has 0 saturated heterocycles. The Kier molecular flexibility index (Phi) is 6.41. The largest absolute Gasteiger partial charge is 0.324 e. The molecule has 0 atom stereocenters. The van der Waals surface area contributed by atoms with Crippen molar-refractivity contribution >= 4 is 56.5 Å². The lowest BCUT2D eigenvalue weighted by Crippen LogP contribution is -2.24. The van der Waals surface area contributed by atoms with Gasteiger partial charge in [-0.15, -0.1) is 11.3 Å². The van der Waals surface area contributed by atoms with E-state index in [2.05, 4.69) is 10.3 Å². The van der Waals surface area contributed by atoms with Gasteiger partial charge in [-0.25, -0.2) is 9.37 Å². The van der Waals surface area contributed by atoms with E-state index in [0.717, 1.165) is 11.1 Å². The molecule has 0 aliphatic heterocycles. The highest BCUT2D eigenvalue weighted by molar-refractivity contribution is 7.99. The maximum atomic E-state index is 13.3. The number of thiophene rings is 1. The van der Waals surface area contributed by atoms with Gasteiger partial charge in [0.15, 0.2) is 5.16 Å². The number of nitrogens with zero attached hydrogens (tertiary/aromatic N) is 2. The van der Waals surface area contributed by atoms with E-state index in [1.165, 1.54) is 39.8 Å². The van der Waals surface area contributed by atoms with Gasteiger partial charge in [-0.05, 0) is 53.8 Å².